The second-order valence-electron chi connectivity index (χ2n) is 6.55. The zero-order valence-electron chi connectivity index (χ0n) is 16.8. The fourth-order valence-corrected chi connectivity index (χ4v) is 2.95. The van der Waals surface area contributed by atoms with Crippen LogP contribution in [0.4, 0.5) is 0 Å². The van der Waals surface area contributed by atoms with Gasteiger partial charge < -0.3 is 19.3 Å². The highest BCUT2D eigenvalue weighted by molar-refractivity contribution is 6.15. The molecule has 154 valence electrons. The Morgan fingerprint density at radius 2 is 1.53 bits per heavy atom. The van der Waals surface area contributed by atoms with Crippen LogP contribution in [0.25, 0.3) is 0 Å². The van der Waals surface area contributed by atoms with E-state index in [1.165, 1.54) is 26.4 Å². The van der Waals surface area contributed by atoms with Crippen LogP contribution in [0.1, 0.15) is 32.7 Å². The number of benzene rings is 3. The highest BCUT2D eigenvalue weighted by Gasteiger charge is 2.22. The summed E-state index contributed by atoms with van der Waals surface area (Å²) in [6.07, 6.45) is -0.402. The van der Waals surface area contributed by atoms with Gasteiger partial charge in [0, 0.05) is 17.7 Å². The number of phenols is 1. The average molecular weight is 406 g/mol. The molecule has 1 N–H and O–H groups in total. The number of ketones is 2. The van der Waals surface area contributed by atoms with E-state index in [0.717, 1.165) is 5.56 Å². The molecule has 0 bridgehead atoms. The number of hydrogen-bond acceptors (Lipinski definition) is 6. The minimum absolute atomic E-state index is 0.0496. The maximum atomic E-state index is 12.7. The number of carbonyl (C=O) groups is 2. The average Bonchev–Trinajstić information content (AvgIpc) is 2.77. The molecule has 0 unspecified atom stereocenters. The summed E-state index contributed by atoms with van der Waals surface area (Å²) in [5.74, 6) is -0.0988. The number of hydrogen-bond donors (Lipinski definition) is 1. The molecular weight excluding hydrogens is 384 g/mol. The molecule has 30 heavy (non-hydrogen) atoms. The SMILES string of the molecule is COc1ccc(C(=O)CC(=O)c2c(O)cc(OCc3ccccc3)cc2OC)cc1. The lowest BCUT2D eigenvalue weighted by atomic mass is 10.00. The highest BCUT2D eigenvalue weighted by Crippen LogP contribution is 2.35. The van der Waals surface area contributed by atoms with Crippen molar-refractivity contribution in [1.29, 1.82) is 0 Å². The van der Waals surface area contributed by atoms with E-state index >= 15 is 0 Å². The summed E-state index contributed by atoms with van der Waals surface area (Å²) in [6, 6.07) is 18.9. The summed E-state index contributed by atoms with van der Waals surface area (Å²) in [4.78, 5) is 25.2. The zero-order valence-corrected chi connectivity index (χ0v) is 16.8. The van der Waals surface area contributed by atoms with Crippen molar-refractivity contribution >= 4 is 11.6 Å². The van der Waals surface area contributed by atoms with E-state index in [4.69, 9.17) is 14.2 Å². The van der Waals surface area contributed by atoms with Crippen LogP contribution in [0, 0.1) is 0 Å². The molecule has 6 nitrogen and oxygen atoms in total. The van der Waals surface area contributed by atoms with E-state index < -0.39 is 12.2 Å². The van der Waals surface area contributed by atoms with Gasteiger partial charge in [-0.1, -0.05) is 30.3 Å². The van der Waals surface area contributed by atoms with Gasteiger partial charge in [0.15, 0.2) is 11.6 Å². The Hall–Kier alpha value is -3.80. The van der Waals surface area contributed by atoms with Gasteiger partial charge in [0.1, 0.15) is 35.2 Å². The van der Waals surface area contributed by atoms with Crippen molar-refractivity contribution in [2.75, 3.05) is 14.2 Å². The first-order valence-corrected chi connectivity index (χ1v) is 9.30. The molecule has 0 atom stereocenters. The molecule has 3 aromatic rings. The van der Waals surface area contributed by atoms with Gasteiger partial charge in [-0.25, -0.2) is 0 Å². The van der Waals surface area contributed by atoms with Crippen molar-refractivity contribution in [3.63, 3.8) is 0 Å². The number of rotatable bonds is 9. The van der Waals surface area contributed by atoms with Gasteiger partial charge in [-0.3, -0.25) is 9.59 Å². The summed E-state index contributed by atoms with van der Waals surface area (Å²) < 4.78 is 16.0. The predicted octanol–water partition coefficient (Wildman–Crippen LogP) is 4.44. The summed E-state index contributed by atoms with van der Waals surface area (Å²) in [5, 5.41) is 10.4. The molecule has 0 saturated carbocycles. The van der Waals surface area contributed by atoms with Gasteiger partial charge in [-0.05, 0) is 29.8 Å². The largest absolute Gasteiger partial charge is 0.507 e. The lowest BCUT2D eigenvalue weighted by molar-refractivity contribution is 0.0891. The van der Waals surface area contributed by atoms with Gasteiger partial charge in [0.25, 0.3) is 0 Å². The molecule has 0 aliphatic carbocycles. The molecule has 6 heteroatoms. The molecule has 0 saturated heterocycles. The van der Waals surface area contributed by atoms with Crippen LogP contribution in [-0.4, -0.2) is 30.9 Å². The molecule has 0 spiro atoms. The first-order valence-electron chi connectivity index (χ1n) is 9.30. The second kappa shape index (κ2) is 9.60. The van der Waals surface area contributed by atoms with Gasteiger partial charge in [-0.2, -0.15) is 0 Å². The van der Waals surface area contributed by atoms with Crippen LogP contribution in [0.15, 0.2) is 66.7 Å². The van der Waals surface area contributed by atoms with Crippen molar-refractivity contribution in [3.8, 4) is 23.0 Å². The number of phenolic OH excluding ortho intramolecular Hbond substituents is 1. The maximum Gasteiger partial charge on any atom is 0.178 e. The number of carbonyl (C=O) groups excluding carboxylic acids is 2. The molecule has 3 aromatic carbocycles. The Morgan fingerprint density at radius 1 is 0.833 bits per heavy atom. The fourth-order valence-electron chi connectivity index (χ4n) is 2.95. The van der Waals surface area contributed by atoms with Crippen molar-refractivity contribution in [3.05, 3.63) is 83.4 Å². The quantitative estimate of drug-likeness (QED) is 0.418. The number of Topliss-reactive ketones (excluding diaryl/α,β-unsaturated/α-hetero) is 2. The topological polar surface area (TPSA) is 82.1 Å². The summed E-state index contributed by atoms with van der Waals surface area (Å²) in [5.41, 5.74) is 1.29. The lowest BCUT2D eigenvalue weighted by Gasteiger charge is -2.13. The van der Waals surface area contributed by atoms with Gasteiger partial charge in [-0.15, -0.1) is 0 Å². The number of aromatic hydroxyl groups is 1. The Morgan fingerprint density at radius 3 is 2.17 bits per heavy atom. The minimum atomic E-state index is -0.542. The van der Waals surface area contributed by atoms with Gasteiger partial charge in [0.2, 0.25) is 0 Å². The Labute approximate surface area is 174 Å². The molecule has 0 fully saturated rings. The Bertz CT molecular complexity index is 1030. The molecule has 0 heterocycles. The van der Waals surface area contributed by atoms with E-state index in [-0.39, 0.29) is 22.8 Å². The van der Waals surface area contributed by atoms with Gasteiger partial charge >= 0.3 is 0 Å². The van der Waals surface area contributed by atoms with Crippen LogP contribution in [0.2, 0.25) is 0 Å². The van der Waals surface area contributed by atoms with E-state index in [2.05, 4.69) is 0 Å². The van der Waals surface area contributed by atoms with E-state index in [1.807, 2.05) is 30.3 Å². The van der Waals surface area contributed by atoms with E-state index in [9.17, 15) is 14.7 Å². The first kappa shape index (κ1) is 20.9. The lowest BCUT2D eigenvalue weighted by Crippen LogP contribution is -2.10. The fraction of sp³-hybridized carbons (Fsp3) is 0.167. The third-order valence-electron chi connectivity index (χ3n) is 4.54. The number of methoxy groups -OCH3 is 2. The van der Waals surface area contributed by atoms with Crippen LogP contribution in [0.5, 0.6) is 23.0 Å². The van der Waals surface area contributed by atoms with Crippen LogP contribution in [-0.2, 0) is 6.61 Å². The third-order valence-corrected chi connectivity index (χ3v) is 4.54. The molecule has 3 rings (SSSR count). The van der Waals surface area contributed by atoms with E-state index in [0.29, 0.717) is 23.7 Å². The Balaban J connectivity index is 1.75. The summed E-state index contributed by atoms with van der Waals surface area (Å²) >= 11 is 0. The molecule has 0 amide bonds. The smallest absolute Gasteiger partial charge is 0.178 e. The van der Waals surface area contributed by atoms with Crippen LogP contribution >= 0.6 is 0 Å². The van der Waals surface area contributed by atoms with Crippen molar-refractivity contribution in [2.24, 2.45) is 0 Å². The first-order chi connectivity index (χ1) is 14.5. The predicted molar refractivity (Wildman–Crippen MR) is 112 cm³/mol. The van der Waals surface area contributed by atoms with Crippen molar-refractivity contribution < 1.29 is 28.9 Å². The zero-order chi connectivity index (χ0) is 21.5. The van der Waals surface area contributed by atoms with E-state index in [1.54, 1.807) is 24.3 Å². The monoisotopic (exact) mass is 406 g/mol. The van der Waals surface area contributed by atoms with Crippen molar-refractivity contribution in [2.45, 2.75) is 13.0 Å². The molecular formula is C24H22O6. The van der Waals surface area contributed by atoms with Crippen molar-refractivity contribution in [1.82, 2.24) is 0 Å². The summed E-state index contributed by atoms with van der Waals surface area (Å²) in [7, 11) is 2.92. The van der Waals surface area contributed by atoms with Gasteiger partial charge in [0.05, 0.1) is 20.6 Å². The molecule has 0 aliphatic heterocycles. The normalized spacial score (nSPS) is 10.3. The molecule has 0 aromatic heterocycles. The summed E-state index contributed by atoms with van der Waals surface area (Å²) in [6.45, 7) is 0.298. The minimum Gasteiger partial charge on any atom is -0.507 e. The molecule has 0 aliphatic rings. The number of ether oxygens (including phenoxy) is 3. The highest BCUT2D eigenvalue weighted by atomic mass is 16.5. The van der Waals surface area contributed by atoms with Crippen LogP contribution < -0.4 is 14.2 Å². The third kappa shape index (κ3) is 4.97. The van der Waals surface area contributed by atoms with Crippen LogP contribution in [0.3, 0.4) is 0 Å². The Kier molecular flexibility index (Phi) is 6.70. The molecule has 0 radical (unpaired) electrons. The standard InChI is InChI=1S/C24H22O6/c1-28-18-10-8-17(9-11-18)20(25)14-22(27)24-21(26)12-19(13-23(24)29-2)30-15-16-6-4-3-5-7-16/h3-13,26H,14-15H2,1-2H3. The second-order valence-corrected chi connectivity index (χ2v) is 6.55. The maximum absolute atomic E-state index is 12.7.